The molecule has 0 saturated carbocycles. The van der Waals surface area contributed by atoms with Crippen LogP contribution in [-0.4, -0.2) is 6.61 Å². The second kappa shape index (κ2) is 6.01. The van der Waals surface area contributed by atoms with Gasteiger partial charge in [-0.2, -0.15) is 0 Å². The van der Waals surface area contributed by atoms with Crippen molar-refractivity contribution in [2.45, 2.75) is 19.9 Å². The van der Waals surface area contributed by atoms with Gasteiger partial charge in [0.1, 0.15) is 17.4 Å². The predicted molar refractivity (Wildman–Crippen MR) is 74.7 cm³/mol. The number of aryl methyl sites for hydroxylation is 1. The van der Waals surface area contributed by atoms with E-state index in [2.05, 4.69) is 0 Å². The van der Waals surface area contributed by atoms with E-state index < -0.39 is 17.7 Å². The lowest BCUT2D eigenvalue weighted by Gasteiger charge is -2.18. The second-order valence-electron chi connectivity index (χ2n) is 4.54. The monoisotopic (exact) mass is 277 g/mol. The summed E-state index contributed by atoms with van der Waals surface area (Å²) < 4.78 is 33.5. The summed E-state index contributed by atoms with van der Waals surface area (Å²) in [5.41, 5.74) is 6.86. The molecular formula is C16H17F2NO. The number of halogens is 2. The zero-order valence-electron chi connectivity index (χ0n) is 11.5. The van der Waals surface area contributed by atoms with Gasteiger partial charge in [0.25, 0.3) is 0 Å². The zero-order valence-corrected chi connectivity index (χ0v) is 11.5. The highest BCUT2D eigenvalue weighted by Crippen LogP contribution is 2.31. The lowest BCUT2D eigenvalue weighted by molar-refractivity contribution is 0.335. The van der Waals surface area contributed by atoms with Crippen LogP contribution in [0.25, 0.3) is 0 Å². The van der Waals surface area contributed by atoms with Gasteiger partial charge in [-0.3, -0.25) is 0 Å². The molecular weight excluding hydrogens is 260 g/mol. The molecule has 20 heavy (non-hydrogen) atoms. The van der Waals surface area contributed by atoms with Crippen LogP contribution in [0.15, 0.2) is 36.4 Å². The average molecular weight is 277 g/mol. The first-order chi connectivity index (χ1) is 9.56. The predicted octanol–water partition coefficient (Wildman–Crippen LogP) is 3.72. The van der Waals surface area contributed by atoms with E-state index in [0.29, 0.717) is 23.5 Å². The molecule has 4 heteroatoms. The fourth-order valence-corrected chi connectivity index (χ4v) is 2.14. The second-order valence-corrected chi connectivity index (χ2v) is 4.54. The Hall–Kier alpha value is -1.94. The molecule has 0 aliphatic carbocycles. The van der Waals surface area contributed by atoms with Crippen LogP contribution in [0.1, 0.15) is 29.7 Å². The Morgan fingerprint density at radius 1 is 1.15 bits per heavy atom. The molecule has 106 valence electrons. The third-order valence-corrected chi connectivity index (χ3v) is 3.18. The van der Waals surface area contributed by atoms with Gasteiger partial charge in [0.2, 0.25) is 0 Å². The summed E-state index contributed by atoms with van der Waals surface area (Å²) in [6, 6.07) is 8.75. The van der Waals surface area contributed by atoms with Crippen LogP contribution < -0.4 is 10.5 Å². The van der Waals surface area contributed by atoms with Crippen LogP contribution in [0.4, 0.5) is 8.78 Å². The molecule has 0 fully saturated rings. The summed E-state index contributed by atoms with van der Waals surface area (Å²) in [7, 11) is 0. The largest absolute Gasteiger partial charge is 0.494 e. The van der Waals surface area contributed by atoms with Gasteiger partial charge in [0.15, 0.2) is 0 Å². The summed E-state index contributed by atoms with van der Waals surface area (Å²) in [5.74, 6) is -0.710. The molecule has 2 N–H and O–H groups in total. The van der Waals surface area contributed by atoms with Gasteiger partial charge >= 0.3 is 0 Å². The first-order valence-electron chi connectivity index (χ1n) is 6.48. The lowest BCUT2D eigenvalue weighted by Crippen LogP contribution is -2.17. The molecule has 0 amide bonds. The van der Waals surface area contributed by atoms with Crippen LogP contribution >= 0.6 is 0 Å². The van der Waals surface area contributed by atoms with E-state index in [9.17, 15) is 8.78 Å². The zero-order chi connectivity index (χ0) is 14.7. The smallest absolute Gasteiger partial charge is 0.134 e. The molecule has 0 spiro atoms. The minimum Gasteiger partial charge on any atom is -0.494 e. The summed E-state index contributed by atoms with van der Waals surface area (Å²) in [5, 5.41) is 0. The minimum absolute atomic E-state index is 0.128. The van der Waals surface area contributed by atoms with Crippen molar-refractivity contribution in [1.82, 2.24) is 0 Å². The number of ether oxygens (including phenoxy) is 1. The number of nitrogens with two attached hydrogens (primary N) is 1. The first-order valence-corrected chi connectivity index (χ1v) is 6.48. The van der Waals surface area contributed by atoms with Crippen molar-refractivity contribution >= 4 is 0 Å². The van der Waals surface area contributed by atoms with Gasteiger partial charge in [0, 0.05) is 11.1 Å². The van der Waals surface area contributed by atoms with Crippen LogP contribution in [0.5, 0.6) is 5.75 Å². The molecule has 1 atom stereocenters. The van der Waals surface area contributed by atoms with Gasteiger partial charge in [-0.1, -0.05) is 24.3 Å². The number of hydrogen-bond donors (Lipinski definition) is 1. The van der Waals surface area contributed by atoms with Crippen molar-refractivity contribution in [2.75, 3.05) is 6.61 Å². The fraction of sp³-hybridized carbons (Fsp3) is 0.250. The molecule has 2 nitrogen and oxygen atoms in total. The average Bonchev–Trinajstić information content (AvgIpc) is 2.44. The Bertz CT molecular complexity index is 613. The topological polar surface area (TPSA) is 35.2 Å². The van der Waals surface area contributed by atoms with Gasteiger partial charge in [-0.25, -0.2) is 8.78 Å². The normalized spacial score (nSPS) is 12.2. The molecule has 0 aromatic heterocycles. The SMILES string of the molecule is CCOc1ccccc1C(N)c1c(F)ccc(C)c1F. The van der Waals surface area contributed by atoms with E-state index in [1.165, 1.54) is 12.1 Å². The van der Waals surface area contributed by atoms with Crippen LogP contribution in [0, 0.1) is 18.6 Å². The van der Waals surface area contributed by atoms with Gasteiger partial charge in [-0.15, -0.1) is 0 Å². The Balaban J connectivity index is 2.52. The summed E-state index contributed by atoms with van der Waals surface area (Å²) in [6.07, 6.45) is 0. The summed E-state index contributed by atoms with van der Waals surface area (Å²) in [4.78, 5) is 0. The standard InChI is InChI=1S/C16H17F2NO/c1-3-20-13-7-5-4-6-11(13)16(19)14-12(17)9-8-10(2)15(14)18/h4-9,16H,3,19H2,1-2H3. The van der Waals surface area contributed by atoms with E-state index >= 15 is 0 Å². The maximum atomic E-state index is 14.2. The highest BCUT2D eigenvalue weighted by Gasteiger charge is 2.22. The molecule has 2 rings (SSSR count). The highest BCUT2D eigenvalue weighted by molar-refractivity contribution is 5.43. The molecule has 0 bridgehead atoms. The molecule has 2 aromatic carbocycles. The summed E-state index contributed by atoms with van der Waals surface area (Å²) in [6.45, 7) is 3.89. The molecule has 2 aromatic rings. The van der Waals surface area contributed by atoms with Crippen LogP contribution in [0.3, 0.4) is 0 Å². The van der Waals surface area contributed by atoms with Crippen molar-refractivity contribution in [3.05, 3.63) is 64.7 Å². The molecule has 0 heterocycles. The fourth-order valence-electron chi connectivity index (χ4n) is 2.14. The number of para-hydroxylation sites is 1. The van der Waals surface area contributed by atoms with E-state index in [1.54, 1.807) is 31.2 Å². The van der Waals surface area contributed by atoms with Gasteiger partial charge < -0.3 is 10.5 Å². The van der Waals surface area contributed by atoms with E-state index in [4.69, 9.17) is 10.5 Å². The minimum atomic E-state index is -0.905. The maximum absolute atomic E-state index is 14.2. The third-order valence-electron chi connectivity index (χ3n) is 3.18. The third kappa shape index (κ3) is 2.65. The number of hydrogen-bond acceptors (Lipinski definition) is 2. The Morgan fingerprint density at radius 3 is 2.55 bits per heavy atom. The maximum Gasteiger partial charge on any atom is 0.134 e. The van der Waals surface area contributed by atoms with Crippen molar-refractivity contribution < 1.29 is 13.5 Å². The van der Waals surface area contributed by atoms with Crippen LogP contribution in [-0.2, 0) is 0 Å². The number of benzene rings is 2. The molecule has 0 saturated heterocycles. The van der Waals surface area contributed by atoms with Crippen molar-refractivity contribution in [1.29, 1.82) is 0 Å². The Kier molecular flexibility index (Phi) is 4.35. The van der Waals surface area contributed by atoms with E-state index in [0.717, 1.165) is 0 Å². The number of rotatable bonds is 4. The van der Waals surface area contributed by atoms with Crippen LogP contribution in [0.2, 0.25) is 0 Å². The van der Waals surface area contributed by atoms with Gasteiger partial charge in [0.05, 0.1) is 12.6 Å². The highest BCUT2D eigenvalue weighted by atomic mass is 19.1. The van der Waals surface area contributed by atoms with Crippen molar-refractivity contribution in [3.63, 3.8) is 0 Å². The van der Waals surface area contributed by atoms with Crippen molar-refractivity contribution in [3.8, 4) is 5.75 Å². The van der Waals surface area contributed by atoms with E-state index in [1.807, 2.05) is 6.92 Å². The quantitative estimate of drug-likeness (QED) is 0.924. The lowest BCUT2D eigenvalue weighted by atomic mass is 9.96. The molecule has 0 aliphatic rings. The summed E-state index contributed by atoms with van der Waals surface area (Å²) >= 11 is 0. The Morgan fingerprint density at radius 2 is 1.85 bits per heavy atom. The van der Waals surface area contributed by atoms with Crippen molar-refractivity contribution in [2.24, 2.45) is 5.73 Å². The molecule has 0 aliphatic heterocycles. The van der Waals surface area contributed by atoms with E-state index in [-0.39, 0.29) is 5.56 Å². The first kappa shape index (κ1) is 14.5. The molecule has 1 unspecified atom stereocenters. The van der Waals surface area contributed by atoms with Gasteiger partial charge in [-0.05, 0) is 31.5 Å². The Labute approximate surface area is 117 Å². The molecule has 0 radical (unpaired) electrons.